The van der Waals surface area contributed by atoms with Crippen LogP contribution in [0.3, 0.4) is 0 Å². The second-order valence-corrected chi connectivity index (χ2v) is 8.75. The van der Waals surface area contributed by atoms with Gasteiger partial charge in [0.15, 0.2) is 6.61 Å². The van der Waals surface area contributed by atoms with Gasteiger partial charge in [0.05, 0.1) is 13.2 Å². The Bertz CT molecular complexity index is 1100. The first-order chi connectivity index (χ1) is 16.6. The topological polar surface area (TPSA) is 48.0 Å². The van der Waals surface area contributed by atoms with Crippen LogP contribution >= 0.6 is 11.6 Å². The van der Waals surface area contributed by atoms with Crippen LogP contribution in [0.1, 0.15) is 29.2 Å². The molecule has 178 valence electrons. The molecule has 1 amide bonds. The number of fused-ring (bicyclic) bond motifs is 3. The first-order valence-corrected chi connectivity index (χ1v) is 12.0. The predicted molar refractivity (Wildman–Crippen MR) is 134 cm³/mol. The molecule has 0 aromatic heterocycles. The zero-order chi connectivity index (χ0) is 23.8. The molecule has 1 aliphatic heterocycles. The van der Waals surface area contributed by atoms with Crippen molar-refractivity contribution in [2.24, 2.45) is 0 Å². The molecule has 3 aromatic rings. The number of amides is 1. The molecule has 4 rings (SSSR count). The summed E-state index contributed by atoms with van der Waals surface area (Å²) in [5.74, 6) is 1.42. The Labute approximate surface area is 206 Å². The molecule has 0 saturated carbocycles. The van der Waals surface area contributed by atoms with Gasteiger partial charge < -0.3 is 19.1 Å². The van der Waals surface area contributed by atoms with Crippen molar-refractivity contribution in [3.05, 3.63) is 94.0 Å². The summed E-state index contributed by atoms with van der Waals surface area (Å²) in [6.07, 6.45) is 1.75. The first-order valence-electron chi connectivity index (χ1n) is 11.7. The highest BCUT2D eigenvalue weighted by Gasteiger charge is 2.16. The Morgan fingerprint density at radius 2 is 1.82 bits per heavy atom. The lowest BCUT2D eigenvalue weighted by Gasteiger charge is -2.24. The zero-order valence-corrected chi connectivity index (χ0v) is 20.2. The van der Waals surface area contributed by atoms with Gasteiger partial charge in [-0.1, -0.05) is 54.9 Å². The fourth-order valence-corrected chi connectivity index (χ4v) is 4.08. The van der Waals surface area contributed by atoms with Crippen LogP contribution in [0.4, 0.5) is 0 Å². The van der Waals surface area contributed by atoms with Crippen LogP contribution in [-0.2, 0) is 28.9 Å². The van der Waals surface area contributed by atoms with Gasteiger partial charge in [-0.05, 0) is 59.0 Å². The summed E-state index contributed by atoms with van der Waals surface area (Å²) < 4.78 is 17.5. The van der Waals surface area contributed by atoms with E-state index in [-0.39, 0.29) is 12.5 Å². The number of aryl methyl sites for hydroxylation is 1. The van der Waals surface area contributed by atoms with Gasteiger partial charge in [-0.3, -0.25) is 4.79 Å². The van der Waals surface area contributed by atoms with Crippen molar-refractivity contribution in [1.29, 1.82) is 0 Å². The van der Waals surface area contributed by atoms with Crippen molar-refractivity contribution in [1.82, 2.24) is 4.90 Å². The van der Waals surface area contributed by atoms with Crippen molar-refractivity contribution in [3.8, 4) is 11.5 Å². The number of hydrogen-bond donors (Lipinski definition) is 0. The van der Waals surface area contributed by atoms with Crippen molar-refractivity contribution >= 4 is 17.5 Å². The minimum Gasteiger partial charge on any atom is -0.491 e. The van der Waals surface area contributed by atoms with Crippen molar-refractivity contribution in [2.75, 3.05) is 33.0 Å². The maximum Gasteiger partial charge on any atom is 0.260 e. The third-order valence-corrected chi connectivity index (χ3v) is 6.06. The third kappa shape index (κ3) is 6.75. The SMILES string of the molecule is CCc1ccc2c(c1)Cc1cccc(c1)CN(C(=O)COc1ccc(Cl)cc1)CCOCCO2. The van der Waals surface area contributed by atoms with Crippen LogP contribution in [0.25, 0.3) is 0 Å². The monoisotopic (exact) mass is 479 g/mol. The average Bonchev–Trinajstić information content (AvgIpc) is 2.85. The molecular weight excluding hydrogens is 450 g/mol. The van der Waals surface area contributed by atoms with Crippen molar-refractivity contribution in [3.63, 3.8) is 0 Å². The van der Waals surface area contributed by atoms with E-state index in [1.165, 1.54) is 11.1 Å². The highest BCUT2D eigenvalue weighted by atomic mass is 35.5. The maximum atomic E-state index is 13.0. The van der Waals surface area contributed by atoms with E-state index >= 15 is 0 Å². The molecule has 0 N–H and O–H groups in total. The second-order valence-electron chi connectivity index (χ2n) is 8.31. The lowest BCUT2D eigenvalue weighted by atomic mass is 9.99. The summed E-state index contributed by atoms with van der Waals surface area (Å²) in [7, 11) is 0. The van der Waals surface area contributed by atoms with Gasteiger partial charge in [0, 0.05) is 24.5 Å². The molecule has 0 atom stereocenters. The molecule has 6 heteroatoms. The van der Waals surface area contributed by atoms with Crippen molar-refractivity contribution in [2.45, 2.75) is 26.3 Å². The molecule has 0 aliphatic carbocycles. The van der Waals surface area contributed by atoms with E-state index in [2.05, 4.69) is 43.3 Å². The van der Waals surface area contributed by atoms with Gasteiger partial charge >= 0.3 is 0 Å². The number of halogens is 1. The molecule has 0 fully saturated rings. The molecule has 3 aromatic carbocycles. The summed E-state index contributed by atoms with van der Waals surface area (Å²) in [6, 6.07) is 21.8. The molecule has 0 unspecified atom stereocenters. The van der Waals surface area contributed by atoms with Gasteiger partial charge in [-0.25, -0.2) is 0 Å². The molecule has 0 spiro atoms. The van der Waals surface area contributed by atoms with Gasteiger partial charge in [0.1, 0.15) is 18.1 Å². The highest BCUT2D eigenvalue weighted by molar-refractivity contribution is 6.30. The molecular formula is C28H30ClNO4. The predicted octanol–water partition coefficient (Wildman–Crippen LogP) is 5.31. The Kier molecular flexibility index (Phi) is 8.45. The number of carbonyl (C=O) groups excluding carboxylic acids is 1. The second kappa shape index (κ2) is 11.9. The lowest BCUT2D eigenvalue weighted by Crippen LogP contribution is -2.37. The molecule has 1 heterocycles. The van der Waals surface area contributed by atoms with E-state index in [0.29, 0.717) is 43.7 Å². The van der Waals surface area contributed by atoms with Gasteiger partial charge in [0.25, 0.3) is 5.91 Å². The van der Waals surface area contributed by atoms with Crippen LogP contribution in [0.15, 0.2) is 66.7 Å². The number of rotatable bonds is 4. The molecule has 0 saturated heterocycles. The first kappa shape index (κ1) is 24.1. The Hall–Kier alpha value is -3.02. The summed E-state index contributed by atoms with van der Waals surface area (Å²) >= 11 is 5.93. The molecule has 2 bridgehead atoms. The van der Waals surface area contributed by atoms with E-state index in [9.17, 15) is 4.79 Å². The van der Waals surface area contributed by atoms with Crippen molar-refractivity contribution < 1.29 is 19.0 Å². The van der Waals surface area contributed by atoms with Crippen LogP contribution in [-0.4, -0.2) is 43.8 Å². The smallest absolute Gasteiger partial charge is 0.260 e. The van der Waals surface area contributed by atoms with E-state index in [4.69, 9.17) is 25.8 Å². The summed E-state index contributed by atoms with van der Waals surface area (Å²) in [4.78, 5) is 14.8. The molecule has 0 radical (unpaired) electrons. The third-order valence-electron chi connectivity index (χ3n) is 5.81. The minimum absolute atomic E-state index is 0.0440. The lowest BCUT2D eigenvalue weighted by molar-refractivity contribution is -0.134. The summed E-state index contributed by atoms with van der Waals surface area (Å²) in [5.41, 5.74) is 4.71. The van der Waals surface area contributed by atoms with Crippen LogP contribution in [0.2, 0.25) is 5.02 Å². The van der Waals surface area contributed by atoms with E-state index in [0.717, 1.165) is 29.7 Å². The number of nitrogens with zero attached hydrogens (tertiary/aromatic N) is 1. The normalized spacial score (nSPS) is 14.5. The van der Waals surface area contributed by atoms with Crippen LogP contribution < -0.4 is 9.47 Å². The van der Waals surface area contributed by atoms with Crippen LogP contribution in [0, 0.1) is 0 Å². The Balaban J connectivity index is 1.51. The molecule has 34 heavy (non-hydrogen) atoms. The van der Waals surface area contributed by atoms with E-state index < -0.39 is 0 Å². The van der Waals surface area contributed by atoms with Gasteiger partial charge in [-0.15, -0.1) is 0 Å². The highest BCUT2D eigenvalue weighted by Crippen LogP contribution is 2.25. The zero-order valence-electron chi connectivity index (χ0n) is 19.5. The molecule has 1 aliphatic rings. The quantitative estimate of drug-likeness (QED) is 0.508. The largest absolute Gasteiger partial charge is 0.491 e. The van der Waals surface area contributed by atoms with E-state index in [1.54, 1.807) is 29.2 Å². The molecule has 5 nitrogen and oxygen atoms in total. The standard InChI is InChI=1S/C28H30ClNO4/c1-2-21-6-11-27-24(17-21)18-22-4-3-5-23(16-22)19-30(12-13-32-14-15-33-27)28(31)20-34-26-9-7-25(29)8-10-26/h3-11,16-17H,2,12-15,18-20H2,1H3. The van der Waals surface area contributed by atoms with Crippen LogP contribution in [0.5, 0.6) is 11.5 Å². The number of ether oxygens (including phenoxy) is 3. The number of carbonyl (C=O) groups is 1. The maximum absolute atomic E-state index is 13.0. The fraction of sp³-hybridized carbons (Fsp3) is 0.321. The van der Waals surface area contributed by atoms with Gasteiger partial charge in [-0.2, -0.15) is 0 Å². The number of benzene rings is 3. The minimum atomic E-state index is -0.0924. The van der Waals surface area contributed by atoms with E-state index in [1.807, 2.05) is 6.07 Å². The summed E-state index contributed by atoms with van der Waals surface area (Å²) in [5, 5.41) is 0.628. The fourth-order valence-electron chi connectivity index (χ4n) is 3.96. The Morgan fingerprint density at radius 1 is 1.00 bits per heavy atom. The Morgan fingerprint density at radius 3 is 2.65 bits per heavy atom. The number of hydrogen-bond acceptors (Lipinski definition) is 4. The average molecular weight is 480 g/mol. The summed E-state index contributed by atoms with van der Waals surface area (Å²) in [6.45, 7) is 4.44. The van der Waals surface area contributed by atoms with Gasteiger partial charge in [0.2, 0.25) is 0 Å².